The van der Waals surface area contributed by atoms with Gasteiger partial charge >= 0.3 is 0 Å². The largest absolute Gasteiger partial charge is 0.493 e. The Morgan fingerprint density at radius 1 is 1.04 bits per heavy atom. The van der Waals surface area contributed by atoms with Crippen molar-refractivity contribution < 1.29 is 18.8 Å². The molecule has 1 aromatic heterocycles. The third-order valence-electron chi connectivity index (χ3n) is 4.34. The molecule has 0 saturated carbocycles. The van der Waals surface area contributed by atoms with Crippen molar-refractivity contribution in [1.82, 2.24) is 15.0 Å². The van der Waals surface area contributed by atoms with Gasteiger partial charge in [-0.05, 0) is 44.2 Å². The molecule has 28 heavy (non-hydrogen) atoms. The van der Waals surface area contributed by atoms with Crippen LogP contribution in [0.3, 0.4) is 0 Å². The quantitative estimate of drug-likeness (QED) is 0.593. The summed E-state index contributed by atoms with van der Waals surface area (Å²) in [5.74, 6) is 1.80. The van der Waals surface area contributed by atoms with Gasteiger partial charge in [0.2, 0.25) is 5.82 Å². The van der Waals surface area contributed by atoms with E-state index < -0.39 is 0 Å². The van der Waals surface area contributed by atoms with E-state index in [0.29, 0.717) is 36.3 Å². The van der Waals surface area contributed by atoms with Crippen LogP contribution in [-0.4, -0.2) is 47.8 Å². The molecule has 3 rings (SSSR count). The highest BCUT2D eigenvalue weighted by Crippen LogP contribution is 2.32. The van der Waals surface area contributed by atoms with Crippen LogP contribution in [-0.2, 0) is 4.79 Å². The summed E-state index contributed by atoms with van der Waals surface area (Å²) in [6.45, 7) is 5.13. The van der Waals surface area contributed by atoms with Gasteiger partial charge in [-0.15, -0.1) is 0 Å². The van der Waals surface area contributed by atoms with E-state index in [1.807, 2.05) is 44.2 Å². The first-order chi connectivity index (χ1) is 13.7. The van der Waals surface area contributed by atoms with Crippen molar-refractivity contribution in [2.75, 3.05) is 26.8 Å². The average molecular weight is 381 g/mol. The second-order valence-corrected chi connectivity index (χ2v) is 6.01. The predicted molar refractivity (Wildman–Crippen MR) is 105 cm³/mol. The molecule has 0 spiro atoms. The Bertz CT molecular complexity index is 920. The molecule has 3 aromatic rings. The summed E-state index contributed by atoms with van der Waals surface area (Å²) in [6.07, 6.45) is 0. The summed E-state index contributed by atoms with van der Waals surface area (Å²) in [4.78, 5) is 18.3. The fraction of sp³-hybridized carbons (Fsp3) is 0.286. The topological polar surface area (TPSA) is 77.7 Å². The summed E-state index contributed by atoms with van der Waals surface area (Å²) < 4.78 is 16.4. The zero-order valence-corrected chi connectivity index (χ0v) is 16.2. The Morgan fingerprint density at radius 2 is 1.79 bits per heavy atom. The summed E-state index contributed by atoms with van der Waals surface area (Å²) >= 11 is 0. The van der Waals surface area contributed by atoms with Gasteiger partial charge in [-0.3, -0.25) is 4.79 Å². The van der Waals surface area contributed by atoms with Crippen molar-refractivity contribution in [3.8, 4) is 34.3 Å². The van der Waals surface area contributed by atoms with Crippen LogP contribution in [0.5, 0.6) is 11.5 Å². The minimum Gasteiger partial charge on any atom is -0.493 e. The molecule has 1 amide bonds. The molecule has 2 aromatic carbocycles. The number of likely N-dealkylation sites (N-methyl/N-ethyl adjacent to an activating group) is 1. The summed E-state index contributed by atoms with van der Waals surface area (Å²) in [5.41, 5.74) is 1.58. The number of hydrogen-bond acceptors (Lipinski definition) is 6. The van der Waals surface area contributed by atoms with E-state index in [0.717, 1.165) is 11.1 Å². The molecule has 0 aliphatic rings. The molecule has 0 fully saturated rings. The van der Waals surface area contributed by atoms with Crippen molar-refractivity contribution in [3.63, 3.8) is 0 Å². The fourth-order valence-corrected chi connectivity index (χ4v) is 2.77. The minimum atomic E-state index is -0.0678. The zero-order chi connectivity index (χ0) is 19.9. The van der Waals surface area contributed by atoms with Gasteiger partial charge < -0.3 is 18.9 Å². The Balaban J connectivity index is 1.76. The predicted octanol–water partition coefficient (Wildman–Crippen LogP) is 3.66. The van der Waals surface area contributed by atoms with E-state index in [9.17, 15) is 4.79 Å². The van der Waals surface area contributed by atoms with Gasteiger partial charge in [-0.25, -0.2) is 0 Å². The number of aromatic nitrogens is 2. The molecular weight excluding hydrogens is 358 g/mol. The summed E-state index contributed by atoms with van der Waals surface area (Å²) in [5, 5.41) is 4.04. The van der Waals surface area contributed by atoms with Crippen LogP contribution in [0.25, 0.3) is 22.8 Å². The first kappa shape index (κ1) is 19.4. The van der Waals surface area contributed by atoms with E-state index in [-0.39, 0.29) is 12.5 Å². The first-order valence-corrected chi connectivity index (χ1v) is 9.14. The smallest absolute Gasteiger partial charge is 0.260 e. The van der Waals surface area contributed by atoms with Gasteiger partial charge in [-0.2, -0.15) is 4.98 Å². The lowest BCUT2D eigenvalue weighted by Crippen LogP contribution is -2.34. The number of methoxy groups -OCH3 is 1. The van der Waals surface area contributed by atoms with Crippen LogP contribution in [0.4, 0.5) is 0 Å². The number of amides is 1. The Kier molecular flexibility index (Phi) is 6.26. The maximum absolute atomic E-state index is 12.1. The highest BCUT2D eigenvalue weighted by molar-refractivity contribution is 5.77. The summed E-state index contributed by atoms with van der Waals surface area (Å²) in [7, 11) is 1.55. The lowest BCUT2D eigenvalue weighted by molar-refractivity contribution is -0.132. The molecule has 7 nitrogen and oxygen atoms in total. The molecule has 0 aliphatic heterocycles. The number of ether oxygens (including phenoxy) is 2. The van der Waals surface area contributed by atoms with Crippen molar-refractivity contribution in [2.24, 2.45) is 0 Å². The molecule has 0 bridgehead atoms. The van der Waals surface area contributed by atoms with Crippen LogP contribution in [0.1, 0.15) is 13.8 Å². The molecule has 0 saturated heterocycles. The van der Waals surface area contributed by atoms with Crippen molar-refractivity contribution in [2.45, 2.75) is 13.8 Å². The monoisotopic (exact) mass is 381 g/mol. The minimum absolute atomic E-state index is 0.0439. The highest BCUT2D eigenvalue weighted by Gasteiger charge is 2.15. The third-order valence-corrected chi connectivity index (χ3v) is 4.34. The second-order valence-electron chi connectivity index (χ2n) is 6.01. The van der Waals surface area contributed by atoms with Gasteiger partial charge in [0.15, 0.2) is 18.1 Å². The number of carbonyl (C=O) groups is 1. The van der Waals surface area contributed by atoms with E-state index in [1.54, 1.807) is 30.2 Å². The van der Waals surface area contributed by atoms with Crippen molar-refractivity contribution >= 4 is 5.91 Å². The fourth-order valence-electron chi connectivity index (χ4n) is 2.77. The number of benzene rings is 2. The van der Waals surface area contributed by atoms with Crippen LogP contribution < -0.4 is 9.47 Å². The molecule has 0 aliphatic carbocycles. The lowest BCUT2D eigenvalue weighted by atomic mass is 10.2. The van der Waals surface area contributed by atoms with E-state index in [1.165, 1.54) is 0 Å². The number of rotatable bonds is 8. The second kappa shape index (κ2) is 9.03. The average Bonchev–Trinajstić information content (AvgIpc) is 3.24. The third kappa shape index (κ3) is 4.31. The van der Waals surface area contributed by atoms with Crippen LogP contribution in [0.15, 0.2) is 53.1 Å². The van der Waals surface area contributed by atoms with Gasteiger partial charge in [0.05, 0.1) is 7.11 Å². The van der Waals surface area contributed by atoms with Gasteiger partial charge in [0.1, 0.15) is 0 Å². The van der Waals surface area contributed by atoms with E-state index in [4.69, 9.17) is 14.0 Å². The van der Waals surface area contributed by atoms with E-state index in [2.05, 4.69) is 10.1 Å². The maximum Gasteiger partial charge on any atom is 0.260 e. The Morgan fingerprint density at radius 3 is 2.46 bits per heavy atom. The first-order valence-electron chi connectivity index (χ1n) is 9.14. The standard InChI is InChI=1S/C21H23N3O4/c1-4-24(5-2)19(25)14-27-17-12-11-16(13-18(17)26-3)20-22-21(28-23-20)15-9-7-6-8-10-15/h6-13H,4-5,14H2,1-3H3. The number of carbonyl (C=O) groups excluding carboxylic acids is 1. The SMILES string of the molecule is CCN(CC)C(=O)COc1ccc(-c2noc(-c3ccccc3)n2)cc1OC. The molecule has 7 heteroatoms. The van der Waals surface area contributed by atoms with Gasteiger partial charge in [0, 0.05) is 24.2 Å². The molecule has 0 N–H and O–H groups in total. The van der Waals surface area contributed by atoms with Crippen LogP contribution in [0, 0.1) is 0 Å². The van der Waals surface area contributed by atoms with Gasteiger partial charge in [0.25, 0.3) is 11.8 Å². The lowest BCUT2D eigenvalue weighted by Gasteiger charge is -2.19. The van der Waals surface area contributed by atoms with E-state index >= 15 is 0 Å². The van der Waals surface area contributed by atoms with Crippen LogP contribution in [0.2, 0.25) is 0 Å². The molecular formula is C21H23N3O4. The van der Waals surface area contributed by atoms with Crippen molar-refractivity contribution in [1.29, 1.82) is 0 Å². The highest BCUT2D eigenvalue weighted by atomic mass is 16.5. The normalized spacial score (nSPS) is 10.5. The Labute approximate surface area is 163 Å². The number of hydrogen-bond donors (Lipinski definition) is 0. The molecule has 0 unspecified atom stereocenters. The van der Waals surface area contributed by atoms with Crippen LogP contribution >= 0.6 is 0 Å². The molecule has 146 valence electrons. The molecule has 1 heterocycles. The van der Waals surface area contributed by atoms with Gasteiger partial charge in [-0.1, -0.05) is 23.4 Å². The number of nitrogens with zero attached hydrogens (tertiary/aromatic N) is 3. The Hall–Kier alpha value is -3.35. The molecule has 0 radical (unpaired) electrons. The van der Waals surface area contributed by atoms with Crippen molar-refractivity contribution in [3.05, 3.63) is 48.5 Å². The summed E-state index contributed by atoms with van der Waals surface area (Å²) in [6, 6.07) is 14.9. The molecule has 0 atom stereocenters. The zero-order valence-electron chi connectivity index (χ0n) is 16.2. The maximum atomic E-state index is 12.1.